The molecule has 4 rings (SSSR count). The molecule has 148 valence electrons. The summed E-state index contributed by atoms with van der Waals surface area (Å²) < 4.78 is 7.74. The number of likely N-dealkylation sites (tertiary alicyclic amines) is 1. The Hall–Kier alpha value is -2.90. The molecule has 1 aromatic carbocycles. The minimum absolute atomic E-state index is 0.0135. The number of carbonyl (C=O) groups is 2. The maximum atomic E-state index is 12.8. The number of carbonyl (C=O) groups excluding carboxylic acids is 2. The van der Waals surface area contributed by atoms with Crippen LogP contribution in [0.5, 0.6) is 5.75 Å². The largest absolute Gasteiger partial charge is 0.484 e. The number of para-hydroxylation sites is 1. The lowest BCUT2D eigenvalue weighted by Crippen LogP contribution is -2.36. The van der Waals surface area contributed by atoms with E-state index in [-0.39, 0.29) is 24.5 Å². The normalized spacial score (nSPS) is 19.2. The Morgan fingerprint density at radius 1 is 1.11 bits per heavy atom. The third-order valence-corrected chi connectivity index (χ3v) is 5.48. The number of ether oxygens (including phenoxy) is 1. The summed E-state index contributed by atoms with van der Waals surface area (Å²) in [6.45, 7) is 4.27. The van der Waals surface area contributed by atoms with Crippen molar-refractivity contribution in [2.24, 2.45) is 0 Å². The molecule has 0 spiro atoms. The van der Waals surface area contributed by atoms with Gasteiger partial charge in [0.1, 0.15) is 11.6 Å². The lowest BCUT2D eigenvalue weighted by atomic mass is 10.2. The van der Waals surface area contributed by atoms with Crippen LogP contribution in [0.1, 0.15) is 37.5 Å². The summed E-state index contributed by atoms with van der Waals surface area (Å²) in [6, 6.07) is 9.27. The number of hydrogen-bond donors (Lipinski definition) is 0. The zero-order chi connectivity index (χ0) is 19.5. The Labute approximate surface area is 164 Å². The van der Waals surface area contributed by atoms with E-state index in [2.05, 4.69) is 14.8 Å². The smallest absolute Gasteiger partial charge is 0.261 e. The van der Waals surface area contributed by atoms with Crippen molar-refractivity contribution in [3.63, 3.8) is 0 Å². The van der Waals surface area contributed by atoms with Gasteiger partial charge in [0.25, 0.3) is 5.91 Å². The predicted molar refractivity (Wildman–Crippen MR) is 102 cm³/mol. The molecule has 1 unspecified atom stereocenters. The van der Waals surface area contributed by atoms with Crippen molar-refractivity contribution in [3.8, 4) is 5.75 Å². The first kappa shape index (κ1) is 18.5. The Bertz CT molecular complexity index is 851. The Morgan fingerprint density at radius 2 is 1.93 bits per heavy atom. The van der Waals surface area contributed by atoms with E-state index in [0.717, 1.165) is 24.5 Å². The predicted octanol–water partition coefficient (Wildman–Crippen LogP) is 1.43. The molecule has 2 amide bonds. The first-order valence-corrected chi connectivity index (χ1v) is 9.78. The average molecular weight is 383 g/mol. The summed E-state index contributed by atoms with van der Waals surface area (Å²) in [5.41, 5.74) is 0. The molecule has 8 heteroatoms. The highest BCUT2D eigenvalue weighted by molar-refractivity contribution is 5.78. The van der Waals surface area contributed by atoms with Gasteiger partial charge in [0.05, 0.1) is 6.04 Å². The van der Waals surface area contributed by atoms with Crippen LogP contribution in [0, 0.1) is 0 Å². The summed E-state index contributed by atoms with van der Waals surface area (Å²) in [6.07, 6.45) is 2.49. The monoisotopic (exact) mass is 383 g/mol. The van der Waals surface area contributed by atoms with Gasteiger partial charge in [-0.1, -0.05) is 18.2 Å². The maximum Gasteiger partial charge on any atom is 0.261 e. The number of benzene rings is 1. The summed E-state index contributed by atoms with van der Waals surface area (Å²) >= 11 is 0. The summed E-state index contributed by atoms with van der Waals surface area (Å²) in [7, 11) is 0. The molecule has 2 aliphatic heterocycles. The fraction of sp³-hybridized carbons (Fsp3) is 0.500. The van der Waals surface area contributed by atoms with Gasteiger partial charge in [-0.2, -0.15) is 0 Å². The van der Waals surface area contributed by atoms with Gasteiger partial charge in [0, 0.05) is 39.5 Å². The van der Waals surface area contributed by atoms with Crippen molar-refractivity contribution in [3.05, 3.63) is 42.0 Å². The van der Waals surface area contributed by atoms with E-state index in [1.54, 1.807) is 6.92 Å². The molecule has 1 saturated heterocycles. The Kier molecular flexibility index (Phi) is 5.27. The van der Waals surface area contributed by atoms with Crippen LogP contribution < -0.4 is 4.74 Å². The van der Waals surface area contributed by atoms with Crippen molar-refractivity contribution in [1.82, 2.24) is 24.6 Å². The van der Waals surface area contributed by atoms with Gasteiger partial charge in [0.15, 0.2) is 12.4 Å². The van der Waals surface area contributed by atoms with Crippen LogP contribution in [0.2, 0.25) is 0 Å². The molecule has 1 atom stereocenters. The van der Waals surface area contributed by atoms with Crippen LogP contribution in [0.3, 0.4) is 0 Å². The van der Waals surface area contributed by atoms with Gasteiger partial charge >= 0.3 is 0 Å². The second-order valence-electron chi connectivity index (χ2n) is 7.23. The van der Waals surface area contributed by atoms with Gasteiger partial charge in [0.2, 0.25) is 5.91 Å². The van der Waals surface area contributed by atoms with Crippen LogP contribution in [-0.2, 0) is 22.6 Å². The zero-order valence-electron chi connectivity index (χ0n) is 16.1. The first-order chi connectivity index (χ1) is 13.6. The number of amides is 2. The van der Waals surface area contributed by atoms with Crippen molar-refractivity contribution in [2.75, 3.05) is 26.2 Å². The molecule has 2 aliphatic rings. The van der Waals surface area contributed by atoms with Crippen LogP contribution in [0.25, 0.3) is 0 Å². The highest BCUT2D eigenvalue weighted by Gasteiger charge is 2.35. The van der Waals surface area contributed by atoms with E-state index in [0.29, 0.717) is 38.3 Å². The lowest BCUT2D eigenvalue weighted by Gasteiger charge is -2.25. The molecule has 0 N–H and O–H groups in total. The van der Waals surface area contributed by atoms with E-state index in [1.807, 2.05) is 40.1 Å². The molecular weight excluding hydrogens is 358 g/mol. The van der Waals surface area contributed by atoms with E-state index in [1.165, 1.54) is 0 Å². The molecule has 0 bridgehead atoms. The van der Waals surface area contributed by atoms with E-state index in [9.17, 15) is 9.59 Å². The van der Waals surface area contributed by atoms with E-state index in [4.69, 9.17) is 4.74 Å². The second kappa shape index (κ2) is 8.00. The first-order valence-electron chi connectivity index (χ1n) is 9.78. The summed E-state index contributed by atoms with van der Waals surface area (Å²) in [5, 5.41) is 8.77. The van der Waals surface area contributed by atoms with Crippen molar-refractivity contribution < 1.29 is 14.3 Å². The van der Waals surface area contributed by atoms with Crippen LogP contribution >= 0.6 is 0 Å². The molecule has 0 aliphatic carbocycles. The third kappa shape index (κ3) is 3.72. The molecule has 28 heavy (non-hydrogen) atoms. The molecule has 1 fully saturated rings. The Balaban J connectivity index is 1.46. The maximum absolute atomic E-state index is 12.8. The standard InChI is InChI=1S/C20H25N5O3/c1-15(26)23-11-9-18-21-22-20(25(18)13-12-23)17-8-5-10-24(17)19(27)14-28-16-6-3-2-4-7-16/h2-4,6-7,17H,5,8-14H2,1H3. The fourth-order valence-electron chi connectivity index (χ4n) is 3.98. The fourth-order valence-corrected chi connectivity index (χ4v) is 3.98. The molecular formula is C20H25N5O3. The summed E-state index contributed by atoms with van der Waals surface area (Å²) in [4.78, 5) is 28.2. The van der Waals surface area contributed by atoms with Crippen LogP contribution in [0.4, 0.5) is 0 Å². The summed E-state index contributed by atoms with van der Waals surface area (Å²) in [5.74, 6) is 2.44. The Morgan fingerprint density at radius 3 is 2.71 bits per heavy atom. The molecule has 1 aromatic heterocycles. The average Bonchev–Trinajstić information content (AvgIpc) is 3.28. The van der Waals surface area contributed by atoms with Crippen molar-refractivity contribution in [1.29, 1.82) is 0 Å². The molecule has 3 heterocycles. The number of hydrogen-bond acceptors (Lipinski definition) is 5. The van der Waals surface area contributed by atoms with Gasteiger partial charge < -0.3 is 19.1 Å². The number of aromatic nitrogens is 3. The highest BCUT2D eigenvalue weighted by atomic mass is 16.5. The van der Waals surface area contributed by atoms with Crippen molar-refractivity contribution >= 4 is 11.8 Å². The number of nitrogens with zero attached hydrogens (tertiary/aromatic N) is 5. The SMILES string of the molecule is CC(=O)N1CCc2nnc(C3CCCN3C(=O)COc3ccccc3)n2CC1. The minimum Gasteiger partial charge on any atom is -0.484 e. The van der Waals surface area contributed by atoms with Crippen molar-refractivity contribution in [2.45, 2.75) is 38.8 Å². The van der Waals surface area contributed by atoms with Crippen LogP contribution in [-0.4, -0.2) is 62.6 Å². The number of fused-ring (bicyclic) bond motifs is 1. The molecule has 2 aromatic rings. The van der Waals surface area contributed by atoms with Crippen LogP contribution in [0.15, 0.2) is 30.3 Å². The third-order valence-electron chi connectivity index (χ3n) is 5.48. The van der Waals surface area contributed by atoms with Gasteiger partial charge in [-0.05, 0) is 25.0 Å². The molecule has 0 radical (unpaired) electrons. The number of rotatable bonds is 4. The van der Waals surface area contributed by atoms with E-state index < -0.39 is 0 Å². The minimum atomic E-state index is -0.0861. The van der Waals surface area contributed by atoms with Gasteiger partial charge in [-0.3, -0.25) is 9.59 Å². The molecule has 8 nitrogen and oxygen atoms in total. The van der Waals surface area contributed by atoms with E-state index >= 15 is 0 Å². The molecule has 0 saturated carbocycles. The quantitative estimate of drug-likeness (QED) is 0.798. The van der Waals surface area contributed by atoms with Gasteiger partial charge in [-0.25, -0.2) is 0 Å². The topological polar surface area (TPSA) is 80.6 Å². The lowest BCUT2D eigenvalue weighted by molar-refractivity contribution is -0.134. The zero-order valence-corrected chi connectivity index (χ0v) is 16.1. The van der Waals surface area contributed by atoms with Gasteiger partial charge in [-0.15, -0.1) is 10.2 Å². The highest BCUT2D eigenvalue weighted by Crippen LogP contribution is 2.32. The second-order valence-corrected chi connectivity index (χ2v) is 7.23.